The van der Waals surface area contributed by atoms with Gasteiger partial charge in [-0.15, -0.1) is 0 Å². The van der Waals surface area contributed by atoms with Crippen LogP contribution in [0.25, 0.3) is 5.57 Å². The van der Waals surface area contributed by atoms with Gasteiger partial charge in [-0.1, -0.05) is 24.3 Å². The molecule has 140 valence electrons. The number of likely N-dealkylation sites (tertiary alicyclic amines) is 1. The molecule has 1 aromatic heterocycles. The van der Waals surface area contributed by atoms with Crippen LogP contribution < -0.4 is 5.32 Å². The number of hydrogen-bond donors (Lipinski definition) is 1. The summed E-state index contributed by atoms with van der Waals surface area (Å²) in [6, 6.07) is 10.9. The first-order chi connectivity index (χ1) is 13.1. The second-order valence-corrected chi connectivity index (χ2v) is 7.31. The van der Waals surface area contributed by atoms with Crippen molar-refractivity contribution in [3.8, 4) is 0 Å². The van der Waals surface area contributed by atoms with Crippen LogP contribution in [0.1, 0.15) is 46.1 Å². The Balaban J connectivity index is 1.45. The number of benzene rings is 1. The van der Waals surface area contributed by atoms with Crippen molar-refractivity contribution in [1.29, 1.82) is 0 Å². The molecule has 0 unspecified atom stereocenters. The number of rotatable bonds is 3. The number of pyridine rings is 1. The highest BCUT2D eigenvalue weighted by Gasteiger charge is 2.27. The number of aryl methyl sites for hydroxylation is 1. The smallest absolute Gasteiger partial charge is 0.272 e. The second-order valence-electron chi connectivity index (χ2n) is 7.31. The van der Waals surface area contributed by atoms with Crippen LogP contribution in [0, 0.1) is 12.7 Å². The molecule has 0 radical (unpaired) electrons. The average Bonchev–Trinajstić information content (AvgIpc) is 3.23. The zero-order valence-corrected chi connectivity index (χ0v) is 15.5. The van der Waals surface area contributed by atoms with E-state index in [4.69, 9.17) is 0 Å². The SMILES string of the molecule is Cc1cccc(F)c1C1CCN(C(=O)c2cccc(C3=CCNC3)n2)CC1. The largest absolute Gasteiger partial charge is 0.337 e. The normalized spacial score (nSPS) is 17.9. The van der Waals surface area contributed by atoms with Crippen molar-refractivity contribution in [3.05, 3.63) is 70.8 Å². The van der Waals surface area contributed by atoms with E-state index < -0.39 is 0 Å². The lowest BCUT2D eigenvalue weighted by Crippen LogP contribution is -2.38. The van der Waals surface area contributed by atoms with Gasteiger partial charge in [0, 0.05) is 26.2 Å². The Labute approximate surface area is 159 Å². The van der Waals surface area contributed by atoms with E-state index in [9.17, 15) is 9.18 Å². The number of halogens is 1. The number of aromatic nitrogens is 1. The molecule has 1 fully saturated rings. The van der Waals surface area contributed by atoms with Crippen LogP contribution in [0.4, 0.5) is 4.39 Å². The molecule has 1 saturated heterocycles. The lowest BCUT2D eigenvalue weighted by atomic mass is 9.86. The third-order valence-electron chi connectivity index (χ3n) is 5.57. The summed E-state index contributed by atoms with van der Waals surface area (Å²) in [5, 5.41) is 3.25. The molecule has 2 aliphatic rings. The van der Waals surface area contributed by atoms with Crippen LogP contribution in [-0.4, -0.2) is 42.0 Å². The second kappa shape index (κ2) is 7.61. The van der Waals surface area contributed by atoms with E-state index in [0.29, 0.717) is 18.8 Å². The van der Waals surface area contributed by atoms with Crippen LogP contribution in [0.3, 0.4) is 0 Å². The van der Waals surface area contributed by atoms with Crippen molar-refractivity contribution in [2.45, 2.75) is 25.7 Å². The van der Waals surface area contributed by atoms with Crippen LogP contribution >= 0.6 is 0 Å². The number of carbonyl (C=O) groups is 1. The maximum atomic E-state index is 14.2. The van der Waals surface area contributed by atoms with E-state index in [1.807, 2.05) is 30.0 Å². The number of carbonyl (C=O) groups excluding carboxylic acids is 1. The van der Waals surface area contributed by atoms with Gasteiger partial charge in [-0.2, -0.15) is 0 Å². The molecular weight excluding hydrogens is 341 g/mol. The standard InChI is InChI=1S/C22H24FN3O/c1-15-4-2-5-18(23)21(15)16-9-12-26(13-10-16)22(27)20-7-3-6-19(25-20)17-8-11-24-14-17/h2-8,16,24H,9-14H2,1H3. The summed E-state index contributed by atoms with van der Waals surface area (Å²) in [6.07, 6.45) is 3.67. The topological polar surface area (TPSA) is 45.2 Å². The summed E-state index contributed by atoms with van der Waals surface area (Å²) in [5.74, 6) is 0.00367. The predicted molar refractivity (Wildman–Crippen MR) is 104 cm³/mol. The predicted octanol–water partition coefficient (Wildman–Crippen LogP) is 3.54. The fourth-order valence-corrected chi connectivity index (χ4v) is 4.10. The van der Waals surface area contributed by atoms with Crippen LogP contribution in [-0.2, 0) is 0 Å². The Kier molecular flexibility index (Phi) is 5.03. The van der Waals surface area contributed by atoms with Crippen molar-refractivity contribution in [2.75, 3.05) is 26.2 Å². The third-order valence-corrected chi connectivity index (χ3v) is 5.57. The highest BCUT2D eigenvalue weighted by Crippen LogP contribution is 2.32. The maximum absolute atomic E-state index is 14.2. The average molecular weight is 365 g/mol. The summed E-state index contributed by atoms with van der Waals surface area (Å²) in [6.45, 7) is 4.86. The quantitative estimate of drug-likeness (QED) is 0.905. The summed E-state index contributed by atoms with van der Waals surface area (Å²) >= 11 is 0. The molecule has 5 heteroatoms. The van der Waals surface area contributed by atoms with Gasteiger partial charge in [-0.3, -0.25) is 4.79 Å². The van der Waals surface area contributed by atoms with Crippen LogP contribution in [0.5, 0.6) is 0 Å². The van der Waals surface area contributed by atoms with Gasteiger partial charge in [-0.25, -0.2) is 9.37 Å². The molecule has 0 atom stereocenters. The molecule has 0 aliphatic carbocycles. The maximum Gasteiger partial charge on any atom is 0.272 e. The van der Waals surface area contributed by atoms with Gasteiger partial charge in [0.1, 0.15) is 11.5 Å². The van der Waals surface area contributed by atoms with E-state index in [1.165, 1.54) is 6.07 Å². The molecule has 0 spiro atoms. The molecule has 1 N–H and O–H groups in total. The van der Waals surface area contributed by atoms with Gasteiger partial charge in [0.2, 0.25) is 0 Å². The Morgan fingerprint density at radius 3 is 2.67 bits per heavy atom. The van der Waals surface area contributed by atoms with Crippen molar-refractivity contribution in [2.24, 2.45) is 0 Å². The van der Waals surface area contributed by atoms with E-state index >= 15 is 0 Å². The van der Waals surface area contributed by atoms with E-state index in [0.717, 1.165) is 48.3 Å². The van der Waals surface area contributed by atoms with Gasteiger partial charge in [0.05, 0.1) is 5.69 Å². The van der Waals surface area contributed by atoms with E-state index in [-0.39, 0.29) is 17.6 Å². The number of piperidine rings is 1. The number of hydrogen-bond acceptors (Lipinski definition) is 3. The molecule has 4 nitrogen and oxygen atoms in total. The fourth-order valence-electron chi connectivity index (χ4n) is 4.10. The van der Waals surface area contributed by atoms with Crippen molar-refractivity contribution >= 4 is 11.5 Å². The van der Waals surface area contributed by atoms with Gasteiger partial charge in [-0.05, 0) is 60.6 Å². The van der Waals surface area contributed by atoms with Crippen molar-refractivity contribution in [1.82, 2.24) is 15.2 Å². The minimum Gasteiger partial charge on any atom is -0.337 e. The lowest BCUT2D eigenvalue weighted by molar-refractivity contribution is 0.0706. The fraction of sp³-hybridized carbons (Fsp3) is 0.364. The molecule has 0 bridgehead atoms. The molecule has 27 heavy (non-hydrogen) atoms. The molecule has 1 amide bonds. The van der Waals surface area contributed by atoms with Crippen LogP contribution in [0.15, 0.2) is 42.5 Å². The molecule has 3 heterocycles. The summed E-state index contributed by atoms with van der Waals surface area (Å²) < 4.78 is 14.2. The lowest BCUT2D eigenvalue weighted by Gasteiger charge is -2.32. The third kappa shape index (κ3) is 3.65. The highest BCUT2D eigenvalue weighted by atomic mass is 19.1. The van der Waals surface area contributed by atoms with Crippen molar-refractivity contribution < 1.29 is 9.18 Å². The molecule has 2 aromatic rings. The minimum absolute atomic E-state index is 0.0351. The molecule has 0 saturated carbocycles. The van der Waals surface area contributed by atoms with E-state index in [2.05, 4.69) is 16.4 Å². The molecule has 4 rings (SSSR count). The minimum atomic E-state index is -0.132. The first kappa shape index (κ1) is 17.9. The van der Waals surface area contributed by atoms with Gasteiger partial charge in [0.25, 0.3) is 5.91 Å². The molecular formula is C22H24FN3O. The Bertz CT molecular complexity index is 865. The van der Waals surface area contributed by atoms with Crippen molar-refractivity contribution in [3.63, 3.8) is 0 Å². The van der Waals surface area contributed by atoms with E-state index in [1.54, 1.807) is 12.1 Å². The summed E-state index contributed by atoms with van der Waals surface area (Å²) in [7, 11) is 0. The van der Waals surface area contributed by atoms with Gasteiger partial charge >= 0.3 is 0 Å². The van der Waals surface area contributed by atoms with Gasteiger partial charge in [0.15, 0.2) is 0 Å². The van der Waals surface area contributed by atoms with Gasteiger partial charge < -0.3 is 10.2 Å². The summed E-state index contributed by atoms with van der Waals surface area (Å²) in [4.78, 5) is 19.3. The number of nitrogens with zero attached hydrogens (tertiary/aromatic N) is 2. The first-order valence-corrected chi connectivity index (χ1v) is 9.55. The monoisotopic (exact) mass is 365 g/mol. The molecule has 1 aromatic carbocycles. The highest BCUT2D eigenvalue weighted by molar-refractivity contribution is 5.92. The Morgan fingerprint density at radius 1 is 1.19 bits per heavy atom. The summed E-state index contributed by atoms with van der Waals surface area (Å²) in [5.41, 5.74) is 4.29. The Hall–Kier alpha value is -2.53. The molecule has 2 aliphatic heterocycles. The zero-order chi connectivity index (χ0) is 18.8. The number of nitrogens with one attached hydrogen (secondary N) is 1. The van der Waals surface area contributed by atoms with Crippen LogP contribution in [0.2, 0.25) is 0 Å². The zero-order valence-electron chi connectivity index (χ0n) is 15.5. The first-order valence-electron chi connectivity index (χ1n) is 9.55. The number of amides is 1. The Morgan fingerprint density at radius 2 is 1.96 bits per heavy atom.